The maximum atomic E-state index is 6.07. The van der Waals surface area contributed by atoms with Gasteiger partial charge in [0.25, 0.3) is 0 Å². The first-order valence-electron chi connectivity index (χ1n) is 10.1. The minimum absolute atomic E-state index is 0.319. The summed E-state index contributed by atoms with van der Waals surface area (Å²) in [4.78, 5) is 0. The molecule has 0 aromatic heterocycles. The average Bonchev–Trinajstić information content (AvgIpc) is 2.76. The van der Waals surface area contributed by atoms with Crippen LogP contribution in [-0.2, 0) is 13.2 Å². The monoisotopic (exact) mass is 487 g/mol. The van der Waals surface area contributed by atoms with Crippen LogP contribution in [0.3, 0.4) is 0 Å². The van der Waals surface area contributed by atoms with E-state index >= 15 is 0 Å². The van der Waals surface area contributed by atoms with E-state index in [1.807, 2.05) is 30.3 Å². The number of halogens is 2. The van der Waals surface area contributed by atoms with Gasteiger partial charge in [0.05, 0.1) is 11.6 Å². The van der Waals surface area contributed by atoms with Gasteiger partial charge in [-0.25, -0.2) is 0 Å². The predicted molar refractivity (Wildman–Crippen MR) is 127 cm³/mol. The van der Waals surface area contributed by atoms with Gasteiger partial charge in [-0.05, 0) is 63.3 Å². The van der Waals surface area contributed by atoms with Crippen LogP contribution in [0.2, 0.25) is 5.02 Å². The topological polar surface area (TPSA) is 30.5 Å². The largest absolute Gasteiger partial charge is 0.493 e. The Kier molecular flexibility index (Phi) is 8.61. The zero-order valence-corrected chi connectivity index (χ0v) is 19.7. The number of benzene rings is 3. The highest BCUT2D eigenvalue weighted by molar-refractivity contribution is 9.10. The Labute approximate surface area is 192 Å². The number of ether oxygens (including phenoxy) is 2. The molecule has 0 amide bonds. The molecule has 0 aliphatic heterocycles. The SMILES string of the molecule is CCCC(NCc1cc(Br)c(OCc2cccc(Cl)c2)c(OC)c1)c1ccccc1. The van der Waals surface area contributed by atoms with E-state index in [4.69, 9.17) is 21.1 Å². The van der Waals surface area contributed by atoms with Gasteiger partial charge in [-0.2, -0.15) is 0 Å². The quantitative estimate of drug-likeness (QED) is 0.324. The highest BCUT2D eigenvalue weighted by Gasteiger charge is 2.14. The molecule has 1 unspecified atom stereocenters. The summed E-state index contributed by atoms with van der Waals surface area (Å²) in [6, 6.07) is 22.7. The third-order valence-electron chi connectivity index (χ3n) is 4.89. The first-order chi connectivity index (χ1) is 14.6. The lowest BCUT2D eigenvalue weighted by atomic mass is 10.0. The molecular formula is C25H27BrClNO2. The zero-order valence-electron chi connectivity index (χ0n) is 17.3. The van der Waals surface area contributed by atoms with Crippen molar-refractivity contribution in [2.45, 2.75) is 39.0 Å². The molecule has 0 saturated carbocycles. The van der Waals surface area contributed by atoms with Gasteiger partial charge in [0.2, 0.25) is 0 Å². The number of rotatable bonds is 10. The number of methoxy groups -OCH3 is 1. The van der Waals surface area contributed by atoms with Crippen LogP contribution in [0.25, 0.3) is 0 Å². The van der Waals surface area contributed by atoms with Crippen molar-refractivity contribution in [3.05, 3.63) is 92.9 Å². The Balaban J connectivity index is 1.71. The van der Waals surface area contributed by atoms with Gasteiger partial charge in [0.15, 0.2) is 11.5 Å². The van der Waals surface area contributed by atoms with E-state index in [0.29, 0.717) is 29.2 Å². The highest BCUT2D eigenvalue weighted by Crippen LogP contribution is 2.37. The van der Waals surface area contributed by atoms with Crippen LogP contribution in [0.4, 0.5) is 0 Å². The van der Waals surface area contributed by atoms with Crippen molar-refractivity contribution < 1.29 is 9.47 Å². The lowest BCUT2D eigenvalue weighted by Crippen LogP contribution is -2.20. The van der Waals surface area contributed by atoms with Crippen molar-refractivity contribution in [2.24, 2.45) is 0 Å². The summed E-state index contributed by atoms with van der Waals surface area (Å²) in [5.41, 5.74) is 3.45. The van der Waals surface area contributed by atoms with E-state index in [-0.39, 0.29) is 0 Å². The summed E-state index contributed by atoms with van der Waals surface area (Å²) in [6.45, 7) is 3.37. The Morgan fingerprint density at radius 2 is 1.80 bits per heavy atom. The lowest BCUT2D eigenvalue weighted by Gasteiger charge is -2.20. The second kappa shape index (κ2) is 11.4. The molecule has 0 aliphatic carbocycles. The molecule has 0 radical (unpaired) electrons. The normalized spacial score (nSPS) is 11.9. The van der Waals surface area contributed by atoms with Gasteiger partial charge in [-0.15, -0.1) is 0 Å². The third kappa shape index (κ3) is 6.24. The fraction of sp³-hybridized carbons (Fsp3) is 0.280. The summed E-state index contributed by atoms with van der Waals surface area (Å²) in [7, 11) is 1.66. The molecule has 3 aromatic rings. The van der Waals surface area contributed by atoms with Crippen molar-refractivity contribution in [3.63, 3.8) is 0 Å². The van der Waals surface area contributed by atoms with Crippen LogP contribution < -0.4 is 14.8 Å². The maximum Gasteiger partial charge on any atom is 0.175 e. The van der Waals surface area contributed by atoms with Gasteiger partial charge in [0.1, 0.15) is 6.61 Å². The number of hydrogen-bond donors (Lipinski definition) is 1. The molecule has 30 heavy (non-hydrogen) atoms. The number of nitrogens with one attached hydrogen (secondary N) is 1. The molecular weight excluding hydrogens is 462 g/mol. The fourth-order valence-electron chi connectivity index (χ4n) is 3.40. The Morgan fingerprint density at radius 3 is 2.50 bits per heavy atom. The maximum absolute atomic E-state index is 6.07. The molecule has 0 fully saturated rings. The van der Waals surface area contributed by atoms with Gasteiger partial charge in [-0.3, -0.25) is 0 Å². The van der Waals surface area contributed by atoms with Crippen molar-refractivity contribution in [2.75, 3.05) is 7.11 Å². The molecule has 3 nitrogen and oxygen atoms in total. The molecule has 0 saturated heterocycles. The van der Waals surface area contributed by atoms with E-state index in [2.05, 4.69) is 64.6 Å². The molecule has 0 aliphatic rings. The summed E-state index contributed by atoms with van der Waals surface area (Å²) in [6.07, 6.45) is 2.21. The van der Waals surface area contributed by atoms with Crippen molar-refractivity contribution in [1.29, 1.82) is 0 Å². The predicted octanol–water partition coefficient (Wildman–Crippen LogP) is 7.32. The molecule has 1 atom stereocenters. The summed E-state index contributed by atoms with van der Waals surface area (Å²) < 4.78 is 12.5. The van der Waals surface area contributed by atoms with Crippen LogP contribution in [0.5, 0.6) is 11.5 Å². The van der Waals surface area contributed by atoms with E-state index in [0.717, 1.165) is 35.0 Å². The fourth-order valence-corrected chi connectivity index (χ4v) is 4.22. The average molecular weight is 489 g/mol. The minimum Gasteiger partial charge on any atom is -0.493 e. The van der Waals surface area contributed by atoms with Crippen LogP contribution >= 0.6 is 27.5 Å². The van der Waals surface area contributed by atoms with E-state index in [1.54, 1.807) is 7.11 Å². The Hall–Kier alpha value is -2.01. The molecule has 158 valence electrons. The molecule has 0 spiro atoms. The third-order valence-corrected chi connectivity index (χ3v) is 5.72. The second-order valence-corrected chi connectivity index (χ2v) is 8.45. The van der Waals surface area contributed by atoms with Gasteiger partial charge >= 0.3 is 0 Å². The van der Waals surface area contributed by atoms with E-state index < -0.39 is 0 Å². The summed E-state index contributed by atoms with van der Waals surface area (Å²) in [5.74, 6) is 1.39. The summed E-state index contributed by atoms with van der Waals surface area (Å²) in [5, 5.41) is 4.38. The van der Waals surface area contributed by atoms with Crippen LogP contribution in [0.15, 0.2) is 71.2 Å². The highest BCUT2D eigenvalue weighted by atomic mass is 79.9. The lowest BCUT2D eigenvalue weighted by molar-refractivity contribution is 0.282. The molecule has 3 aromatic carbocycles. The van der Waals surface area contributed by atoms with Crippen LogP contribution in [-0.4, -0.2) is 7.11 Å². The van der Waals surface area contributed by atoms with Gasteiger partial charge < -0.3 is 14.8 Å². The molecule has 3 rings (SSSR count). The zero-order chi connectivity index (χ0) is 21.3. The van der Waals surface area contributed by atoms with E-state index in [9.17, 15) is 0 Å². The molecule has 0 bridgehead atoms. The Bertz CT molecular complexity index is 949. The molecule has 5 heteroatoms. The van der Waals surface area contributed by atoms with Crippen LogP contribution in [0.1, 0.15) is 42.5 Å². The van der Waals surface area contributed by atoms with Crippen molar-refractivity contribution in [3.8, 4) is 11.5 Å². The van der Waals surface area contributed by atoms with E-state index in [1.165, 1.54) is 5.56 Å². The molecule has 0 heterocycles. The smallest absolute Gasteiger partial charge is 0.175 e. The van der Waals surface area contributed by atoms with Crippen LogP contribution in [0, 0.1) is 0 Å². The second-order valence-electron chi connectivity index (χ2n) is 7.16. The van der Waals surface area contributed by atoms with Gasteiger partial charge in [0, 0.05) is 17.6 Å². The summed E-state index contributed by atoms with van der Waals surface area (Å²) >= 11 is 9.72. The van der Waals surface area contributed by atoms with Crippen molar-refractivity contribution >= 4 is 27.5 Å². The Morgan fingerprint density at radius 1 is 1.00 bits per heavy atom. The number of hydrogen-bond acceptors (Lipinski definition) is 3. The molecule has 1 N–H and O–H groups in total. The first-order valence-corrected chi connectivity index (χ1v) is 11.3. The first kappa shape index (κ1) is 22.7. The van der Waals surface area contributed by atoms with Gasteiger partial charge in [-0.1, -0.05) is 67.4 Å². The van der Waals surface area contributed by atoms with Crippen molar-refractivity contribution in [1.82, 2.24) is 5.32 Å². The minimum atomic E-state index is 0.319. The standard InChI is InChI=1S/C25H27BrClNO2/c1-3-8-23(20-10-5-4-6-11-20)28-16-19-14-22(26)25(24(15-19)29-2)30-17-18-9-7-12-21(27)13-18/h4-7,9-15,23,28H,3,8,16-17H2,1-2H3.